The molecule has 1 aliphatic heterocycles. The number of ether oxygens (including phenoxy) is 2. The topological polar surface area (TPSA) is 78.5 Å². The normalized spacial score (nSPS) is 15.1. The molecule has 7 nitrogen and oxygen atoms in total. The average Bonchev–Trinajstić information content (AvgIpc) is 3.62. The Kier molecular flexibility index (Phi) is 7.36. The first-order valence-corrected chi connectivity index (χ1v) is 14.4. The van der Waals surface area contributed by atoms with Crippen molar-refractivity contribution in [1.29, 1.82) is 0 Å². The van der Waals surface area contributed by atoms with Gasteiger partial charge in [0, 0.05) is 36.7 Å². The predicted molar refractivity (Wildman–Crippen MR) is 152 cm³/mol. The molecule has 2 aromatic carbocycles. The van der Waals surface area contributed by atoms with E-state index < -0.39 is 5.97 Å². The zero-order valence-corrected chi connectivity index (χ0v) is 23.3. The minimum absolute atomic E-state index is 0.242. The van der Waals surface area contributed by atoms with E-state index in [1.807, 2.05) is 30.7 Å². The zero-order valence-electron chi connectivity index (χ0n) is 23.3. The van der Waals surface area contributed by atoms with Gasteiger partial charge in [0.05, 0.1) is 30.1 Å². The van der Waals surface area contributed by atoms with Crippen molar-refractivity contribution in [2.45, 2.75) is 71.4 Å². The number of aromatic nitrogens is 3. The van der Waals surface area contributed by atoms with Crippen LogP contribution in [-0.4, -0.2) is 38.6 Å². The number of nitrogens with zero attached hydrogens (tertiary/aromatic N) is 3. The number of carboxylic acid groups (broad SMARTS) is 1. The Bertz CT molecular complexity index is 1590. The first-order chi connectivity index (χ1) is 19.5. The third kappa shape index (κ3) is 4.58. The molecular formula is C32H36FN3O4. The zero-order chi connectivity index (χ0) is 27.8. The van der Waals surface area contributed by atoms with Crippen LogP contribution in [0.3, 0.4) is 0 Å². The number of benzene rings is 2. The maximum Gasteiger partial charge on any atom is 0.352 e. The molecule has 0 radical (unpaired) electrons. The van der Waals surface area contributed by atoms with Crippen molar-refractivity contribution in [3.63, 3.8) is 0 Å². The van der Waals surface area contributed by atoms with Gasteiger partial charge in [0.2, 0.25) is 0 Å². The molecule has 0 amide bonds. The maximum absolute atomic E-state index is 15.9. The van der Waals surface area contributed by atoms with E-state index in [0.717, 1.165) is 65.8 Å². The number of fused-ring (bicyclic) bond motifs is 3. The van der Waals surface area contributed by atoms with Crippen molar-refractivity contribution in [2.24, 2.45) is 7.05 Å². The molecule has 1 aliphatic carbocycles. The molecule has 0 unspecified atom stereocenters. The number of hydrogen-bond acceptors (Lipinski definition) is 4. The molecule has 3 heterocycles. The molecule has 0 bridgehead atoms. The molecule has 0 saturated carbocycles. The van der Waals surface area contributed by atoms with E-state index in [1.54, 1.807) is 10.7 Å². The van der Waals surface area contributed by atoms with Crippen molar-refractivity contribution in [3.05, 3.63) is 69.9 Å². The first-order valence-electron chi connectivity index (χ1n) is 14.4. The monoisotopic (exact) mass is 545 g/mol. The van der Waals surface area contributed by atoms with Gasteiger partial charge in [0.25, 0.3) is 0 Å². The van der Waals surface area contributed by atoms with Gasteiger partial charge in [-0.05, 0) is 86.3 Å². The lowest BCUT2D eigenvalue weighted by atomic mass is 9.96. The molecule has 0 spiro atoms. The highest BCUT2D eigenvalue weighted by atomic mass is 19.1. The number of rotatable bonds is 7. The maximum atomic E-state index is 15.9. The summed E-state index contributed by atoms with van der Waals surface area (Å²) < 4.78 is 31.6. The highest BCUT2D eigenvalue weighted by Gasteiger charge is 2.29. The van der Waals surface area contributed by atoms with Gasteiger partial charge in [0.15, 0.2) is 0 Å². The molecule has 2 aromatic heterocycles. The molecule has 4 aromatic rings. The van der Waals surface area contributed by atoms with Gasteiger partial charge in [0.1, 0.15) is 17.3 Å². The summed E-state index contributed by atoms with van der Waals surface area (Å²) in [4.78, 5) is 12.8. The number of halogens is 1. The van der Waals surface area contributed by atoms with Crippen molar-refractivity contribution < 1.29 is 23.8 Å². The summed E-state index contributed by atoms with van der Waals surface area (Å²) in [6.07, 6.45) is 6.60. The summed E-state index contributed by atoms with van der Waals surface area (Å²) in [6.45, 7) is 3.84. The fourth-order valence-corrected chi connectivity index (χ4v) is 6.57. The Labute approximate surface area is 233 Å². The molecule has 1 N–H and O–H groups in total. The van der Waals surface area contributed by atoms with Crippen LogP contribution in [0.25, 0.3) is 22.0 Å². The Morgan fingerprint density at radius 2 is 2.02 bits per heavy atom. The molecule has 8 heteroatoms. The molecule has 6 rings (SSSR count). The van der Waals surface area contributed by atoms with E-state index in [9.17, 15) is 9.90 Å². The van der Waals surface area contributed by atoms with Gasteiger partial charge in [-0.2, -0.15) is 5.10 Å². The van der Waals surface area contributed by atoms with Gasteiger partial charge in [-0.3, -0.25) is 4.68 Å². The highest BCUT2D eigenvalue weighted by molar-refractivity contribution is 6.04. The van der Waals surface area contributed by atoms with Crippen molar-refractivity contribution in [1.82, 2.24) is 14.3 Å². The molecule has 0 saturated heterocycles. The van der Waals surface area contributed by atoms with Crippen LogP contribution in [0.1, 0.15) is 71.2 Å². The van der Waals surface area contributed by atoms with Gasteiger partial charge in [-0.25, -0.2) is 9.18 Å². The number of aromatic carboxylic acids is 1. The molecule has 2 aliphatic rings. The highest BCUT2D eigenvalue weighted by Crippen LogP contribution is 2.41. The Hall–Kier alpha value is -3.65. The molecular weight excluding hydrogens is 509 g/mol. The van der Waals surface area contributed by atoms with Crippen molar-refractivity contribution >= 4 is 16.9 Å². The van der Waals surface area contributed by atoms with Gasteiger partial charge in [-0.15, -0.1) is 0 Å². The lowest BCUT2D eigenvalue weighted by Gasteiger charge is -2.13. The van der Waals surface area contributed by atoms with Crippen LogP contribution in [0.2, 0.25) is 0 Å². The van der Waals surface area contributed by atoms with Crippen LogP contribution < -0.4 is 4.74 Å². The first kappa shape index (κ1) is 26.6. The Morgan fingerprint density at radius 3 is 2.85 bits per heavy atom. The van der Waals surface area contributed by atoms with Crippen LogP contribution in [0.4, 0.5) is 4.39 Å². The van der Waals surface area contributed by atoms with E-state index in [1.165, 1.54) is 17.2 Å². The molecule has 0 atom stereocenters. The number of carboxylic acids is 1. The summed E-state index contributed by atoms with van der Waals surface area (Å²) in [6, 6.07) is 9.46. The largest absolute Gasteiger partial charge is 0.493 e. The van der Waals surface area contributed by atoms with Gasteiger partial charge < -0.3 is 19.1 Å². The lowest BCUT2D eigenvalue weighted by Crippen LogP contribution is -2.12. The quantitative estimate of drug-likeness (QED) is 0.278. The number of carbonyl (C=O) groups is 1. The summed E-state index contributed by atoms with van der Waals surface area (Å²) in [5.74, 6) is -0.431. The minimum atomic E-state index is -0.993. The van der Waals surface area contributed by atoms with E-state index in [4.69, 9.17) is 9.47 Å². The minimum Gasteiger partial charge on any atom is -0.493 e. The average molecular weight is 546 g/mol. The summed E-state index contributed by atoms with van der Waals surface area (Å²) >= 11 is 0. The van der Waals surface area contributed by atoms with E-state index in [0.29, 0.717) is 56.7 Å². The third-order valence-electron chi connectivity index (χ3n) is 8.39. The van der Waals surface area contributed by atoms with Crippen LogP contribution in [0, 0.1) is 5.82 Å². The molecule has 0 fully saturated rings. The summed E-state index contributed by atoms with van der Waals surface area (Å²) in [5, 5.41) is 15.9. The van der Waals surface area contributed by atoms with E-state index >= 15 is 4.39 Å². The summed E-state index contributed by atoms with van der Waals surface area (Å²) in [5.41, 5.74) is 7.01. The van der Waals surface area contributed by atoms with Gasteiger partial charge in [-0.1, -0.05) is 19.1 Å². The SMILES string of the molecule is CCc1nn(C)c2c1-c1c(F)ccc3c(CCCOc4cccc5c4CCC5)c(C(=O)O)n(c13)CCCCOC2. The van der Waals surface area contributed by atoms with Crippen molar-refractivity contribution in [2.75, 3.05) is 13.2 Å². The second kappa shape index (κ2) is 11.1. The molecule has 40 heavy (non-hydrogen) atoms. The standard InChI is InChI=1S/C32H36FN3O4/c1-3-25-29-26(35(2)34-25)19-39-17-5-4-16-36-30-23(14-15-24(33)28(29)30)22(31(36)32(37)38)12-8-18-40-27-13-7-10-20-9-6-11-21(20)27/h7,10,13-15H,3-6,8-9,11-12,16-19H2,1-2H3,(H,37,38). The summed E-state index contributed by atoms with van der Waals surface area (Å²) in [7, 11) is 1.86. The third-order valence-corrected chi connectivity index (χ3v) is 8.39. The fraction of sp³-hybridized carbons (Fsp3) is 0.438. The van der Waals surface area contributed by atoms with Crippen LogP contribution in [0.5, 0.6) is 5.75 Å². The van der Waals surface area contributed by atoms with Crippen LogP contribution in [-0.2, 0) is 50.6 Å². The fourth-order valence-electron chi connectivity index (χ4n) is 6.57. The van der Waals surface area contributed by atoms with E-state index in [2.05, 4.69) is 11.2 Å². The second-order valence-electron chi connectivity index (χ2n) is 10.8. The van der Waals surface area contributed by atoms with Crippen LogP contribution >= 0.6 is 0 Å². The Morgan fingerprint density at radius 1 is 1.15 bits per heavy atom. The van der Waals surface area contributed by atoms with E-state index in [-0.39, 0.29) is 11.5 Å². The van der Waals surface area contributed by atoms with Gasteiger partial charge >= 0.3 is 5.97 Å². The number of hydrogen-bond donors (Lipinski definition) is 1. The molecule has 210 valence electrons. The predicted octanol–water partition coefficient (Wildman–Crippen LogP) is 6.25. The number of aryl methyl sites for hydroxylation is 5. The van der Waals surface area contributed by atoms with Crippen molar-refractivity contribution in [3.8, 4) is 16.9 Å². The second-order valence-corrected chi connectivity index (χ2v) is 10.8. The smallest absolute Gasteiger partial charge is 0.352 e. The Balaban J connectivity index is 1.43. The lowest BCUT2D eigenvalue weighted by molar-refractivity contribution is 0.0683. The van der Waals surface area contributed by atoms with Crippen LogP contribution in [0.15, 0.2) is 30.3 Å².